The van der Waals surface area contributed by atoms with Gasteiger partial charge in [0.25, 0.3) is 0 Å². The number of carbonyl (C=O) groups is 1. The van der Waals surface area contributed by atoms with Crippen molar-refractivity contribution in [3.05, 3.63) is 53.3 Å². The molecule has 140 valence electrons. The van der Waals surface area contributed by atoms with E-state index in [1.807, 2.05) is 0 Å². The Morgan fingerprint density at radius 1 is 1.23 bits per heavy atom. The van der Waals surface area contributed by atoms with Crippen LogP contribution in [0.1, 0.15) is 6.92 Å². The number of carbonyl (C=O) groups excluding carboxylic acids is 1. The SMILES string of the molecule is CCN(CC(=O)Nc1cc(Cl)ccc1OC)S(=O)(=O)c1ccc(F)cc1. The van der Waals surface area contributed by atoms with Crippen LogP contribution in [0.25, 0.3) is 0 Å². The third-order valence-corrected chi connectivity index (χ3v) is 5.73. The number of amides is 1. The van der Waals surface area contributed by atoms with Gasteiger partial charge in [0.1, 0.15) is 11.6 Å². The summed E-state index contributed by atoms with van der Waals surface area (Å²) in [6, 6.07) is 9.12. The van der Waals surface area contributed by atoms with Crippen molar-refractivity contribution in [3.8, 4) is 5.75 Å². The van der Waals surface area contributed by atoms with Crippen molar-refractivity contribution >= 4 is 33.2 Å². The van der Waals surface area contributed by atoms with E-state index in [1.54, 1.807) is 19.1 Å². The summed E-state index contributed by atoms with van der Waals surface area (Å²) in [5.41, 5.74) is 0.334. The lowest BCUT2D eigenvalue weighted by atomic mass is 10.3. The van der Waals surface area contributed by atoms with Gasteiger partial charge in [-0.1, -0.05) is 18.5 Å². The van der Waals surface area contributed by atoms with Gasteiger partial charge < -0.3 is 10.1 Å². The van der Waals surface area contributed by atoms with Crippen LogP contribution >= 0.6 is 11.6 Å². The molecule has 0 aliphatic rings. The molecule has 0 unspecified atom stereocenters. The Bertz CT molecular complexity index is 888. The summed E-state index contributed by atoms with van der Waals surface area (Å²) in [6.07, 6.45) is 0. The molecule has 0 aromatic heterocycles. The first-order valence-electron chi connectivity index (χ1n) is 7.67. The van der Waals surface area contributed by atoms with Crippen LogP contribution in [0.2, 0.25) is 5.02 Å². The highest BCUT2D eigenvalue weighted by atomic mass is 35.5. The minimum absolute atomic E-state index is 0.0693. The van der Waals surface area contributed by atoms with E-state index in [-0.39, 0.29) is 11.4 Å². The van der Waals surface area contributed by atoms with Crippen molar-refractivity contribution < 1.29 is 22.3 Å². The van der Waals surface area contributed by atoms with E-state index in [1.165, 1.54) is 13.2 Å². The molecule has 0 aliphatic carbocycles. The Hall–Kier alpha value is -2.16. The molecule has 9 heteroatoms. The number of hydrogen-bond donors (Lipinski definition) is 1. The van der Waals surface area contributed by atoms with Gasteiger partial charge in [-0.25, -0.2) is 12.8 Å². The van der Waals surface area contributed by atoms with E-state index in [0.29, 0.717) is 16.5 Å². The molecule has 0 bridgehead atoms. The predicted molar refractivity (Wildman–Crippen MR) is 97.5 cm³/mol. The fourth-order valence-corrected chi connectivity index (χ4v) is 3.83. The number of rotatable bonds is 7. The molecule has 1 amide bonds. The molecule has 0 fully saturated rings. The maximum Gasteiger partial charge on any atom is 0.243 e. The molecule has 0 atom stereocenters. The molecule has 0 saturated heterocycles. The van der Waals surface area contributed by atoms with Crippen molar-refractivity contribution in [2.45, 2.75) is 11.8 Å². The van der Waals surface area contributed by atoms with Crippen molar-refractivity contribution in [2.24, 2.45) is 0 Å². The minimum atomic E-state index is -3.93. The lowest BCUT2D eigenvalue weighted by molar-refractivity contribution is -0.116. The van der Waals surface area contributed by atoms with Crippen LogP contribution in [0.4, 0.5) is 10.1 Å². The van der Waals surface area contributed by atoms with E-state index >= 15 is 0 Å². The molecule has 26 heavy (non-hydrogen) atoms. The Kier molecular flexibility index (Phi) is 6.57. The molecule has 0 saturated carbocycles. The van der Waals surface area contributed by atoms with Crippen LogP contribution < -0.4 is 10.1 Å². The first kappa shape index (κ1) is 20.2. The Morgan fingerprint density at radius 3 is 2.46 bits per heavy atom. The van der Waals surface area contributed by atoms with Crippen molar-refractivity contribution in [1.82, 2.24) is 4.31 Å². The summed E-state index contributed by atoms with van der Waals surface area (Å²) < 4.78 is 44.4. The van der Waals surface area contributed by atoms with Crippen LogP contribution in [0.5, 0.6) is 5.75 Å². The summed E-state index contributed by atoms with van der Waals surface area (Å²) in [5, 5.41) is 2.98. The largest absolute Gasteiger partial charge is 0.495 e. The fourth-order valence-electron chi connectivity index (χ4n) is 2.25. The second kappa shape index (κ2) is 8.48. The predicted octanol–water partition coefficient (Wildman–Crippen LogP) is 3.14. The van der Waals surface area contributed by atoms with Gasteiger partial charge in [-0.3, -0.25) is 4.79 Å². The van der Waals surface area contributed by atoms with Gasteiger partial charge in [0.15, 0.2) is 0 Å². The highest BCUT2D eigenvalue weighted by Crippen LogP contribution is 2.27. The molecule has 0 aliphatic heterocycles. The van der Waals surface area contributed by atoms with Gasteiger partial charge in [-0.05, 0) is 42.5 Å². The normalized spacial score (nSPS) is 11.4. The second-order valence-electron chi connectivity index (χ2n) is 5.28. The number of methoxy groups -OCH3 is 1. The number of ether oxygens (including phenoxy) is 1. The molecular formula is C17H18ClFN2O4S. The molecular weight excluding hydrogens is 383 g/mol. The maximum atomic E-state index is 13.0. The number of nitrogens with zero attached hydrogens (tertiary/aromatic N) is 1. The smallest absolute Gasteiger partial charge is 0.243 e. The van der Waals surface area contributed by atoms with Crippen LogP contribution in [-0.2, 0) is 14.8 Å². The number of likely N-dealkylation sites (N-methyl/N-ethyl adjacent to an activating group) is 1. The second-order valence-corrected chi connectivity index (χ2v) is 7.65. The topological polar surface area (TPSA) is 75.7 Å². The molecule has 2 aromatic carbocycles. The van der Waals surface area contributed by atoms with Gasteiger partial charge >= 0.3 is 0 Å². The minimum Gasteiger partial charge on any atom is -0.495 e. The number of nitrogens with one attached hydrogen (secondary N) is 1. The number of benzene rings is 2. The molecule has 0 radical (unpaired) electrons. The van der Waals surface area contributed by atoms with E-state index in [9.17, 15) is 17.6 Å². The maximum absolute atomic E-state index is 13.0. The van der Waals surface area contributed by atoms with Gasteiger partial charge in [0, 0.05) is 11.6 Å². The molecule has 6 nitrogen and oxygen atoms in total. The molecule has 2 rings (SSSR count). The van der Waals surface area contributed by atoms with Crippen molar-refractivity contribution in [3.63, 3.8) is 0 Å². The highest BCUT2D eigenvalue weighted by Gasteiger charge is 2.25. The summed E-state index contributed by atoms with van der Waals surface area (Å²) in [6.45, 7) is 1.26. The molecule has 0 heterocycles. The lowest BCUT2D eigenvalue weighted by Gasteiger charge is -2.20. The summed E-state index contributed by atoms with van der Waals surface area (Å²) >= 11 is 5.91. The first-order valence-corrected chi connectivity index (χ1v) is 9.49. The summed E-state index contributed by atoms with van der Waals surface area (Å²) in [7, 11) is -2.49. The highest BCUT2D eigenvalue weighted by molar-refractivity contribution is 7.89. The number of hydrogen-bond acceptors (Lipinski definition) is 4. The average molecular weight is 401 g/mol. The van der Waals surface area contributed by atoms with E-state index < -0.39 is 28.3 Å². The Morgan fingerprint density at radius 2 is 1.88 bits per heavy atom. The van der Waals surface area contributed by atoms with Crippen LogP contribution in [-0.4, -0.2) is 38.8 Å². The van der Waals surface area contributed by atoms with Crippen molar-refractivity contribution in [2.75, 3.05) is 25.5 Å². The van der Waals surface area contributed by atoms with Crippen molar-refractivity contribution in [1.29, 1.82) is 0 Å². The standard InChI is InChI=1S/C17H18ClFN2O4S/c1-3-21(26(23,24)14-7-5-13(19)6-8-14)11-17(22)20-15-10-12(18)4-9-16(15)25-2/h4-10H,3,11H2,1-2H3,(H,20,22). The van der Waals surface area contributed by atoms with Crippen LogP contribution in [0, 0.1) is 5.82 Å². The zero-order valence-electron chi connectivity index (χ0n) is 14.2. The fraction of sp³-hybridized carbons (Fsp3) is 0.235. The van der Waals surface area contributed by atoms with Gasteiger partial charge in [0.05, 0.1) is 24.2 Å². The summed E-state index contributed by atoms with van der Waals surface area (Å²) in [4.78, 5) is 12.2. The zero-order chi connectivity index (χ0) is 19.3. The van der Waals surface area contributed by atoms with E-state index in [0.717, 1.165) is 28.6 Å². The monoisotopic (exact) mass is 400 g/mol. The third kappa shape index (κ3) is 4.72. The summed E-state index contributed by atoms with van der Waals surface area (Å²) in [5.74, 6) is -0.705. The van der Waals surface area contributed by atoms with Gasteiger partial charge in [-0.2, -0.15) is 4.31 Å². The number of sulfonamides is 1. The molecule has 2 aromatic rings. The van der Waals surface area contributed by atoms with E-state index in [2.05, 4.69) is 5.32 Å². The van der Waals surface area contributed by atoms with Crippen LogP contribution in [0.15, 0.2) is 47.4 Å². The van der Waals surface area contributed by atoms with Crippen LogP contribution in [0.3, 0.4) is 0 Å². The lowest BCUT2D eigenvalue weighted by Crippen LogP contribution is -2.37. The van der Waals surface area contributed by atoms with Gasteiger partial charge in [-0.15, -0.1) is 0 Å². The average Bonchev–Trinajstić information content (AvgIpc) is 2.60. The van der Waals surface area contributed by atoms with Gasteiger partial charge in [0.2, 0.25) is 15.9 Å². The Labute approximate surface area is 156 Å². The number of anilines is 1. The number of halogens is 2. The zero-order valence-corrected chi connectivity index (χ0v) is 15.8. The van der Waals surface area contributed by atoms with E-state index in [4.69, 9.17) is 16.3 Å². The third-order valence-electron chi connectivity index (χ3n) is 3.56. The quantitative estimate of drug-likeness (QED) is 0.774. The Balaban J connectivity index is 2.18. The molecule has 0 spiro atoms. The first-order chi connectivity index (χ1) is 12.3. The molecule has 1 N–H and O–H groups in total.